The zero-order valence-electron chi connectivity index (χ0n) is 10.6. The first-order chi connectivity index (χ1) is 8.74. The predicted octanol–water partition coefficient (Wildman–Crippen LogP) is 1.92. The van der Waals surface area contributed by atoms with Crippen LogP contribution in [-0.4, -0.2) is 37.1 Å². The molecule has 1 saturated heterocycles. The van der Waals surface area contributed by atoms with Crippen LogP contribution >= 0.6 is 0 Å². The summed E-state index contributed by atoms with van der Waals surface area (Å²) in [5, 5.41) is 0. The maximum atomic E-state index is 12.2. The number of amides is 1. The van der Waals surface area contributed by atoms with E-state index in [2.05, 4.69) is 5.92 Å². The van der Waals surface area contributed by atoms with E-state index < -0.39 is 0 Å². The smallest absolute Gasteiger partial charge is 0.253 e. The second-order valence-corrected chi connectivity index (χ2v) is 4.45. The molecule has 1 amide bonds. The Kier molecular flexibility index (Phi) is 4.01. The summed E-state index contributed by atoms with van der Waals surface area (Å²) in [6, 6.07) is 7.18. The molecular weight excluding hydrogens is 226 g/mol. The van der Waals surface area contributed by atoms with Gasteiger partial charge in [0.2, 0.25) is 0 Å². The van der Waals surface area contributed by atoms with Crippen LogP contribution in [0.5, 0.6) is 0 Å². The van der Waals surface area contributed by atoms with E-state index in [4.69, 9.17) is 11.2 Å². The normalized spacial score (nSPS) is 16.3. The Labute approximate surface area is 108 Å². The number of carbonyl (C=O) groups is 1. The van der Waals surface area contributed by atoms with Crippen LogP contribution in [-0.2, 0) is 4.74 Å². The first-order valence-corrected chi connectivity index (χ1v) is 6.13. The van der Waals surface area contributed by atoms with Gasteiger partial charge in [-0.25, -0.2) is 0 Å². The Hall–Kier alpha value is -1.79. The van der Waals surface area contributed by atoms with Gasteiger partial charge in [0.05, 0.1) is 6.10 Å². The fourth-order valence-corrected chi connectivity index (χ4v) is 2.19. The lowest BCUT2D eigenvalue weighted by molar-refractivity contribution is 0.0351. The van der Waals surface area contributed by atoms with Crippen molar-refractivity contribution < 1.29 is 9.53 Å². The molecule has 0 spiro atoms. The Morgan fingerprint density at radius 2 is 1.94 bits per heavy atom. The highest BCUT2D eigenvalue weighted by Gasteiger charge is 2.23. The molecule has 0 saturated carbocycles. The number of nitrogens with zero attached hydrogens (tertiary/aromatic N) is 1. The van der Waals surface area contributed by atoms with Crippen LogP contribution in [0.15, 0.2) is 24.3 Å². The molecule has 3 nitrogen and oxygen atoms in total. The molecule has 3 heteroatoms. The van der Waals surface area contributed by atoms with E-state index in [0.29, 0.717) is 5.56 Å². The molecule has 0 radical (unpaired) electrons. The van der Waals surface area contributed by atoms with E-state index in [1.54, 1.807) is 31.4 Å². The van der Waals surface area contributed by atoms with Gasteiger partial charge in [0.15, 0.2) is 0 Å². The van der Waals surface area contributed by atoms with Crippen LogP contribution in [0.4, 0.5) is 0 Å². The third kappa shape index (κ3) is 2.72. The van der Waals surface area contributed by atoms with Crippen molar-refractivity contribution in [3.8, 4) is 12.3 Å². The van der Waals surface area contributed by atoms with Gasteiger partial charge < -0.3 is 9.64 Å². The minimum atomic E-state index is 0.0770. The van der Waals surface area contributed by atoms with Crippen molar-refractivity contribution in [2.24, 2.45) is 0 Å². The van der Waals surface area contributed by atoms with E-state index in [1.807, 2.05) is 4.90 Å². The van der Waals surface area contributed by atoms with E-state index in [0.717, 1.165) is 31.5 Å². The predicted molar refractivity (Wildman–Crippen MR) is 70.3 cm³/mol. The number of benzene rings is 1. The number of hydrogen-bond acceptors (Lipinski definition) is 2. The van der Waals surface area contributed by atoms with Crippen LogP contribution in [0.2, 0.25) is 0 Å². The highest BCUT2D eigenvalue weighted by molar-refractivity contribution is 5.94. The summed E-state index contributed by atoms with van der Waals surface area (Å²) in [5.41, 5.74) is 1.49. The molecule has 0 unspecified atom stereocenters. The van der Waals surface area contributed by atoms with Gasteiger partial charge in [-0.15, -0.1) is 6.42 Å². The van der Waals surface area contributed by atoms with Gasteiger partial charge >= 0.3 is 0 Å². The van der Waals surface area contributed by atoms with E-state index in [1.165, 1.54) is 0 Å². The molecular formula is C15H17NO2. The van der Waals surface area contributed by atoms with Gasteiger partial charge in [0.25, 0.3) is 5.91 Å². The maximum absolute atomic E-state index is 12.2. The van der Waals surface area contributed by atoms with Crippen molar-refractivity contribution >= 4 is 5.91 Å². The van der Waals surface area contributed by atoms with Gasteiger partial charge in [0, 0.05) is 31.3 Å². The second-order valence-electron chi connectivity index (χ2n) is 4.45. The van der Waals surface area contributed by atoms with E-state index in [9.17, 15) is 4.79 Å². The third-order valence-corrected chi connectivity index (χ3v) is 3.36. The van der Waals surface area contributed by atoms with Crippen LogP contribution in [0.1, 0.15) is 28.8 Å². The highest BCUT2D eigenvalue weighted by atomic mass is 16.5. The van der Waals surface area contributed by atoms with Crippen molar-refractivity contribution in [2.45, 2.75) is 18.9 Å². The zero-order valence-corrected chi connectivity index (χ0v) is 10.6. The number of likely N-dealkylation sites (tertiary alicyclic amines) is 1. The molecule has 1 fully saturated rings. The summed E-state index contributed by atoms with van der Waals surface area (Å²) in [4.78, 5) is 14.1. The monoisotopic (exact) mass is 243 g/mol. The molecule has 1 aromatic rings. The third-order valence-electron chi connectivity index (χ3n) is 3.36. The molecule has 0 bridgehead atoms. The van der Waals surface area contributed by atoms with Gasteiger partial charge in [-0.3, -0.25) is 4.79 Å². The van der Waals surface area contributed by atoms with Crippen molar-refractivity contribution in [1.29, 1.82) is 0 Å². The fourth-order valence-electron chi connectivity index (χ4n) is 2.19. The molecule has 2 rings (SSSR count). The number of methoxy groups -OCH3 is 1. The average molecular weight is 243 g/mol. The number of ether oxygens (including phenoxy) is 1. The first kappa shape index (κ1) is 12.7. The molecule has 0 aliphatic carbocycles. The van der Waals surface area contributed by atoms with Gasteiger partial charge in [0.1, 0.15) is 0 Å². The van der Waals surface area contributed by atoms with Gasteiger partial charge in [-0.05, 0) is 37.1 Å². The Morgan fingerprint density at radius 3 is 2.44 bits per heavy atom. The Balaban J connectivity index is 2.01. The van der Waals surface area contributed by atoms with Gasteiger partial charge in [-0.1, -0.05) is 5.92 Å². The molecule has 18 heavy (non-hydrogen) atoms. The average Bonchev–Trinajstić information content (AvgIpc) is 2.47. The number of hydrogen-bond donors (Lipinski definition) is 0. The molecule has 1 aliphatic heterocycles. The number of rotatable bonds is 2. The minimum Gasteiger partial charge on any atom is -0.381 e. The highest BCUT2D eigenvalue weighted by Crippen LogP contribution is 2.16. The Bertz CT molecular complexity index is 450. The summed E-state index contributed by atoms with van der Waals surface area (Å²) >= 11 is 0. The quantitative estimate of drug-likeness (QED) is 0.743. The molecule has 0 N–H and O–H groups in total. The van der Waals surface area contributed by atoms with Crippen LogP contribution < -0.4 is 0 Å². The summed E-state index contributed by atoms with van der Waals surface area (Å²) in [6.07, 6.45) is 7.39. The van der Waals surface area contributed by atoms with Crippen molar-refractivity contribution in [3.63, 3.8) is 0 Å². The van der Waals surface area contributed by atoms with Crippen LogP contribution in [0.25, 0.3) is 0 Å². The maximum Gasteiger partial charge on any atom is 0.253 e. The lowest BCUT2D eigenvalue weighted by atomic mass is 10.1. The number of piperidine rings is 1. The lowest BCUT2D eigenvalue weighted by Gasteiger charge is -2.31. The lowest BCUT2D eigenvalue weighted by Crippen LogP contribution is -2.40. The van der Waals surface area contributed by atoms with Crippen LogP contribution in [0, 0.1) is 12.3 Å². The minimum absolute atomic E-state index is 0.0770. The Morgan fingerprint density at radius 1 is 1.33 bits per heavy atom. The topological polar surface area (TPSA) is 29.5 Å². The molecule has 0 atom stereocenters. The standard InChI is InChI=1S/C15H17NO2/c1-3-12-4-6-13(7-5-12)15(17)16-10-8-14(18-2)9-11-16/h1,4-7,14H,8-11H2,2H3. The summed E-state index contributed by atoms with van der Waals surface area (Å²) in [6.45, 7) is 1.52. The SMILES string of the molecule is C#Cc1ccc(C(=O)N2CCC(OC)CC2)cc1. The second kappa shape index (κ2) is 5.70. The van der Waals surface area contributed by atoms with Gasteiger partial charge in [-0.2, -0.15) is 0 Å². The van der Waals surface area contributed by atoms with Crippen molar-refractivity contribution in [2.75, 3.05) is 20.2 Å². The number of carbonyl (C=O) groups excluding carboxylic acids is 1. The summed E-state index contributed by atoms with van der Waals surface area (Å²) < 4.78 is 5.30. The summed E-state index contributed by atoms with van der Waals surface area (Å²) in [5.74, 6) is 2.62. The van der Waals surface area contributed by atoms with E-state index in [-0.39, 0.29) is 12.0 Å². The number of terminal acetylenes is 1. The van der Waals surface area contributed by atoms with Crippen LogP contribution in [0.3, 0.4) is 0 Å². The molecule has 1 heterocycles. The zero-order chi connectivity index (χ0) is 13.0. The molecule has 1 aromatic carbocycles. The molecule has 0 aromatic heterocycles. The largest absolute Gasteiger partial charge is 0.381 e. The first-order valence-electron chi connectivity index (χ1n) is 6.13. The fraction of sp³-hybridized carbons (Fsp3) is 0.400. The summed E-state index contributed by atoms with van der Waals surface area (Å²) in [7, 11) is 1.72. The molecule has 1 aliphatic rings. The van der Waals surface area contributed by atoms with E-state index >= 15 is 0 Å². The van der Waals surface area contributed by atoms with Crippen molar-refractivity contribution in [1.82, 2.24) is 4.90 Å². The molecule has 94 valence electrons. The van der Waals surface area contributed by atoms with Crippen molar-refractivity contribution in [3.05, 3.63) is 35.4 Å².